The molecule has 2 rings (SSSR count). The summed E-state index contributed by atoms with van der Waals surface area (Å²) in [4.78, 5) is 2.55. The van der Waals surface area contributed by atoms with Crippen LogP contribution in [0.25, 0.3) is 10.4 Å². The van der Waals surface area contributed by atoms with Crippen LogP contribution in [-0.2, 0) is 0 Å². The molecule has 0 bridgehead atoms. The van der Waals surface area contributed by atoms with E-state index < -0.39 is 0 Å². The van der Waals surface area contributed by atoms with E-state index in [2.05, 4.69) is 35.0 Å². The third-order valence-electron chi connectivity index (χ3n) is 1.96. The van der Waals surface area contributed by atoms with Gasteiger partial charge in [0, 0.05) is 19.9 Å². The SMILES string of the molecule is Cc1cc(Br)c(-c2cccc(N)c2)s1. The van der Waals surface area contributed by atoms with E-state index in [0.717, 1.165) is 10.2 Å². The number of benzene rings is 1. The summed E-state index contributed by atoms with van der Waals surface area (Å²) in [7, 11) is 0. The predicted molar refractivity (Wildman–Crippen MR) is 66.6 cm³/mol. The minimum Gasteiger partial charge on any atom is -0.399 e. The number of rotatable bonds is 1. The number of thiophene rings is 1. The molecule has 2 N–H and O–H groups in total. The van der Waals surface area contributed by atoms with Crippen LogP contribution in [0.2, 0.25) is 0 Å². The molecule has 0 saturated carbocycles. The molecule has 0 amide bonds. The highest BCUT2D eigenvalue weighted by Gasteiger charge is 2.06. The summed E-state index contributed by atoms with van der Waals surface area (Å²) in [5, 5.41) is 0. The van der Waals surface area contributed by atoms with E-state index >= 15 is 0 Å². The van der Waals surface area contributed by atoms with Crippen molar-refractivity contribution < 1.29 is 0 Å². The first-order valence-electron chi connectivity index (χ1n) is 4.28. The van der Waals surface area contributed by atoms with Crippen LogP contribution in [-0.4, -0.2) is 0 Å². The molecule has 0 radical (unpaired) electrons. The van der Waals surface area contributed by atoms with E-state index in [0.29, 0.717) is 0 Å². The Kier molecular flexibility index (Phi) is 2.61. The molecule has 0 aliphatic carbocycles. The van der Waals surface area contributed by atoms with Gasteiger partial charge in [-0.25, -0.2) is 0 Å². The molecular weight excluding hydrogens is 258 g/mol. The molecule has 72 valence electrons. The van der Waals surface area contributed by atoms with Gasteiger partial charge in [-0.05, 0) is 46.6 Å². The lowest BCUT2D eigenvalue weighted by atomic mass is 10.2. The summed E-state index contributed by atoms with van der Waals surface area (Å²) < 4.78 is 1.14. The molecule has 14 heavy (non-hydrogen) atoms. The van der Waals surface area contributed by atoms with E-state index in [4.69, 9.17) is 5.73 Å². The van der Waals surface area contributed by atoms with Crippen molar-refractivity contribution in [3.05, 3.63) is 39.7 Å². The van der Waals surface area contributed by atoms with Crippen molar-refractivity contribution in [1.29, 1.82) is 0 Å². The van der Waals surface area contributed by atoms with Crippen molar-refractivity contribution in [3.63, 3.8) is 0 Å². The van der Waals surface area contributed by atoms with E-state index in [-0.39, 0.29) is 0 Å². The van der Waals surface area contributed by atoms with Crippen LogP contribution in [0.5, 0.6) is 0 Å². The Labute approximate surface area is 95.7 Å². The molecule has 0 fully saturated rings. The fourth-order valence-corrected chi connectivity index (χ4v) is 3.23. The molecular formula is C11H10BrNS. The molecule has 0 spiro atoms. The first-order valence-corrected chi connectivity index (χ1v) is 5.89. The van der Waals surface area contributed by atoms with Crippen molar-refractivity contribution in [2.45, 2.75) is 6.92 Å². The number of aryl methyl sites for hydroxylation is 1. The molecule has 3 heteroatoms. The summed E-state index contributed by atoms with van der Waals surface area (Å²) >= 11 is 5.32. The van der Waals surface area contributed by atoms with E-state index in [1.54, 1.807) is 11.3 Å². The van der Waals surface area contributed by atoms with Gasteiger partial charge in [0.1, 0.15) is 0 Å². The van der Waals surface area contributed by atoms with Gasteiger partial charge in [-0.3, -0.25) is 0 Å². The Morgan fingerprint density at radius 1 is 1.29 bits per heavy atom. The zero-order chi connectivity index (χ0) is 10.1. The van der Waals surface area contributed by atoms with Crippen molar-refractivity contribution in [2.75, 3.05) is 5.73 Å². The number of nitrogens with two attached hydrogens (primary N) is 1. The van der Waals surface area contributed by atoms with Crippen molar-refractivity contribution in [3.8, 4) is 10.4 Å². The van der Waals surface area contributed by atoms with Gasteiger partial charge in [-0.1, -0.05) is 12.1 Å². The summed E-state index contributed by atoms with van der Waals surface area (Å²) in [6.07, 6.45) is 0. The van der Waals surface area contributed by atoms with Crippen LogP contribution in [0, 0.1) is 6.92 Å². The fourth-order valence-electron chi connectivity index (χ4n) is 1.36. The third kappa shape index (κ3) is 1.83. The normalized spacial score (nSPS) is 10.4. The molecule has 0 saturated heterocycles. The highest BCUT2D eigenvalue weighted by atomic mass is 79.9. The number of hydrogen-bond acceptors (Lipinski definition) is 2. The maximum absolute atomic E-state index is 5.74. The molecule has 0 aliphatic rings. The van der Waals surface area contributed by atoms with E-state index in [1.807, 2.05) is 18.2 Å². The zero-order valence-corrected chi connectivity index (χ0v) is 10.2. The van der Waals surface area contributed by atoms with Crippen LogP contribution >= 0.6 is 27.3 Å². The van der Waals surface area contributed by atoms with Gasteiger partial charge in [0.15, 0.2) is 0 Å². The molecule has 1 aromatic heterocycles. The van der Waals surface area contributed by atoms with Crippen molar-refractivity contribution in [1.82, 2.24) is 0 Å². The maximum Gasteiger partial charge on any atom is 0.0488 e. The van der Waals surface area contributed by atoms with Gasteiger partial charge in [0.2, 0.25) is 0 Å². The second-order valence-electron chi connectivity index (χ2n) is 3.16. The quantitative estimate of drug-likeness (QED) is 0.775. The Hall–Kier alpha value is -0.800. The fraction of sp³-hybridized carbons (Fsp3) is 0.0909. The van der Waals surface area contributed by atoms with Gasteiger partial charge in [0.05, 0.1) is 0 Å². The number of anilines is 1. The molecule has 1 nitrogen and oxygen atoms in total. The average Bonchev–Trinajstić information content (AvgIpc) is 2.45. The largest absolute Gasteiger partial charge is 0.399 e. The van der Waals surface area contributed by atoms with Crippen molar-refractivity contribution >= 4 is 33.0 Å². The molecule has 1 heterocycles. The smallest absolute Gasteiger partial charge is 0.0488 e. The second-order valence-corrected chi connectivity index (χ2v) is 5.27. The lowest BCUT2D eigenvalue weighted by molar-refractivity contribution is 1.62. The maximum atomic E-state index is 5.74. The number of hydrogen-bond donors (Lipinski definition) is 1. The Morgan fingerprint density at radius 2 is 2.07 bits per heavy atom. The third-order valence-corrected chi connectivity index (χ3v) is 3.95. The highest BCUT2D eigenvalue weighted by molar-refractivity contribution is 9.10. The van der Waals surface area contributed by atoms with Crippen LogP contribution in [0.3, 0.4) is 0 Å². The van der Waals surface area contributed by atoms with E-state index in [1.165, 1.54) is 15.3 Å². The molecule has 0 aliphatic heterocycles. The minimum atomic E-state index is 0.806. The van der Waals surface area contributed by atoms with Gasteiger partial charge < -0.3 is 5.73 Å². The summed E-state index contributed by atoms with van der Waals surface area (Å²) in [6, 6.07) is 10.1. The molecule has 0 atom stereocenters. The minimum absolute atomic E-state index is 0.806. The Bertz CT molecular complexity index is 462. The van der Waals surface area contributed by atoms with Crippen LogP contribution < -0.4 is 5.73 Å². The Balaban J connectivity index is 2.54. The standard InChI is InChI=1S/C11H10BrNS/c1-7-5-10(12)11(14-7)8-3-2-4-9(13)6-8/h2-6H,13H2,1H3. The zero-order valence-electron chi connectivity index (χ0n) is 7.75. The van der Waals surface area contributed by atoms with Crippen LogP contribution in [0.1, 0.15) is 4.88 Å². The van der Waals surface area contributed by atoms with Gasteiger partial charge in [-0.15, -0.1) is 11.3 Å². The van der Waals surface area contributed by atoms with Gasteiger partial charge in [-0.2, -0.15) is 0 Å². The van der Waals surface area contributed by atoms with Gasteiger partial charge >= 0.3 is 0 Å². The number of halogens is 1. The highest BCUT2D eigenvalue weighted by Crippen LogP contribution is 2.36. The van der Waals surface area contributed by atoms with Crippen molar-refractivity contribution in [2.24, 2.45) is 0 Å². The number of nitrogen functional groups attached to an aromatic ring is 1. The first-order chi connectivity index (χ1) is 6.66. The topological polar surface area (TPSA) is 26.0 Å². The van der Waals surface area contributed by atoms with Gasteiger partial charge in [0.25, 0.3) is 0 Å². The molecule has 2 aromatic rings. The van der Waals surface area contributed by atoms with Crippen LogP contribution in [0.15, 0.2) is 34.8 Å². The average molecular weight is 268 g/mol. The summed E-state index contributed by atoms with van der Waals surface area (Å²) in [5.41, 5.74) is 7.72. The summed E-state index contributed by atoms with van der Waals surface area (Å²) in [6.45, 7) is 2.10. The monoisotopic (exact) mass is 267 g/mol. The van der Waals surface area contributed by atoms with Crippen LogP contribution in [0.4, 0.5) is 5.69 Å². The second kappa shape index (κ2) is 3.75. The van der Waals surface area contributed by atoms with E-state index in [9.17, 15) is 0 Å². The predicted octanol–water partition coefficient (Wildman–Crippen LogP) is 4.07. The first kappa shape index (κ1) is 9.74. The summed E-state index contributed by atoms with van der Waals surface area (Å²) in [5.74, 6) is 0. The lowest BCUT2D eigenvalue weighted by Crippen LogP contribution is -1.83. The molecule has 0 unspecified atom stereocenters. The Morgan fingerprint density at radius 3 is 2.64 bits per heavy atom. The lowest BCUT2D eigenvalue weighted by Gasteiger charge is -1.99. The molecule has 1 aromatic carbocycles.